The third-order valence-corrected chi connectivity index (χ3v) is 4.12. The van der Waals surface area contributed by atoms with Gasteiger partial charge in [-0.05, 0) is 36.4 Å². The van der Waals surface area contributed by atoms with Crippen LogP contribution in [0.3, 0.4) is 0 Å². The second-order valence-electron chi connectivity index (χ2n) is 3.64. The Morgan fingerprint density at radius 3 is 2.11 bits per heavy atom. The first-order chi connectivity index (χ1) is 9.03. The van der Waals surface area contributed by atoms with E-state index in [0.717, 1.165) is 0 Å². The summed E-state index contributed by atoms with van der Waals surface area (Å²) in [7, 11) is -2.41. The number of ether oxygens (including phenoxy) is 1. The Kier molecular flexibility index (Phi) is 3.97. The Morgan fingerprint density at radius 1 is 0.947 bits per heavy atom. The maximum absolute atomic E-state index is 12.0. The van der Waals surface area contributed by atoms with E-state index in [1.54, 1.807) is 24.3 Å². The van der Waals surface area contributed by atoms with Gasteiger partial charge >= 0.3 is 10.1 Å². The second-order valence-corrected chi connectivity index (χ2v) is 5.57. The van der Waals surface area contributed by atoms with Crippen LogP contribution >= 0.6 is 11.6 Å². The Bertz CT molecular complexity index is 665. The lowest BCUT2D eigenvalue weighted by molar-refractivity contribution is 0.413. The molecule has 0 unspecified atom stereocenters. The number of hydrogen-bond acceptors (Lipinski definition) is 4. The Hall–Kier alpha value is -1.72. The quantitative estimate of drug-likeness (QED) is 0.814. The third kappa shape index (κ3) is 3.19. The number of methoxy groups -OCH3 is 1. The van der Waals surface area contributed by atoms with Gasteiger partial charge in [-0.15, -0.1) is 0 Å². The number of hydrogen-bond donors (Lipinski definition) is 0. The molecule has 0 spiro atoms. The van der Waals surface area contributed by atoms with Crippen LogP contribution < -0.4 is 8.92 Å². The van der Waals surface area contributed by atoms with Crippen LogP contribution in [0.5, 0.6) is 11.5 Å². The summed E-state index contributed by atoms with van der Waals surface area (Å²) in [5.74, 6) is 0.809. The van der Waals surface area contributed by atoms with E-state index in [9.17, 15) is 8.42 Å². The Labute approximate surface area is 116 Å². The predicted molar refractivity (Wildman–Crippen MR) is 72.3 cm³/mol. The lowest BCUT2D eigenvalue weighted by Gasteiger charge is -2.08. The Morgan fingerprint density at radius 2 is 1.53 bits per heavy atom. The van der Waals surface area contributed by atoms with Gasteiger partial charge in [0, 0.05) is 0 Å². The maximum Gasteiger partial charge on any atom is 0.340 e. The number of rotatable bonds is 4. The van der Waals surface area contributed by atoms with Crippen molar-refractivity contribution in [3.63, 3.8) is 0 Å². The van der Waals surface area contributed by atoms with Crippen molar-refractivity contribution in [3.8, 4) is 11.5 Å². The molecule has 2 rings (SSSR count). The molecule has 2 aromatic carbocycles. The van der Waals surface area contributed by atoms with Gasteiger partial charge in [0.25, 0.3) is 0 Å². The van der Waals surface area contributed by atoms with E-state index in [1.165, 1.54) is 31.4 Å². The van der Waals surface area contributed by atoms with Crippen molar-refractivity contribution in [1.29, 1.82) is 0 Å². The first kappa shape index (κ1) is 13.7. The molecule has 2 aromatic rings. The van der Waals surface area contributed by atoms with Crippen LogP contribution in [0, 0.1) is 0 Å². The average molecular weight is 299 g/mol. The SMILES string of the molecule is COc1ccc(OS(=O)(=O)c2ccccc2Cl)cc1. The molecule has 0 radical (unpaired) electrons. The lowest BCUT2D eigenvalue weighted by Crippen LogP contribution is -2.10. The van der Waals surface area contributed by atoms with Crippen LogP contribution in [0.1, 0.15) is 0 Å². The molecule has 0 heterocycles. The standard InChI is InChI=1S/C13H11ClO4S/c1-17-10-6-8-11(9-7-10)18-19(15,16)13-5-3-2-4-12(13)14/h2-9H,1H3. The van der Waals surface area contributed by atoms with E-state index in [1.807, 2.05) is 0 Å². The maximum atomic E-state index is 12.0. The first-order valence-electron chi connectivity index (χ1n) is 5.36. The molecule has 0 aliphatic rings. The van der Waals surface area contributed by atoms with Crippen LogP contribution in [-0.2, 0) is 10.1 Å². The van der Waals surface area contributed by atoms with Gasteiger partial charge in [0.1, 0.15) is 16.4 Å². The van der Waals surface area contributed by atoms with Crippen molar-refractivity contribution in [3.05, 3.63) is 53.6 Å². The summed E-state index contributed by atoms with van der Waals surface area (Å²) in [6, 6.07) is 12.3. The summed E-state index contributed by atoms with van der Waals surface area (Å²) < 4.78 is 34.1. The highest BCUT2D eigenvalue weighted by Crippen LogP contribution is 2.25. The molecular formula is C13H11ClO4S. The molecule has 0 aliphatic carbocycles. The highest BCUT2D eigenvalue weighted by atomic mass is 35.5. The van der Waals surface area contributed by atoms with Crippen LogP contribution in [0.25, 0.3) is 0 Å². The van der Waals surface area contributed by atoms with Crippen LogP contribution in [0.2, 0.25) is 5.02 Å². The van der Waals surface area contributed by atoms with E-state index in [2.05, 4.69) is 0 Å². The van der Waals surface area contributed by atoms with E-state index >= 15 is 0 Å². The zero-order valence-corrected chi connectivity index (χ0v) is 11.6. The molecule has 0 saturated heterocycles. The summed E-state index contributed by atoms with van der Waals surface area (Å²) in [5.41, 5.74) is 0. The topological polar surface area (TPSA) is 52.6 Å². The smallest absolute Gasteiger partial charge is 0.340 e. The van der Waals surface area contributed by atoms with Crippen molar-refractivity contribution in [1.82, 2.24) is 0 Å². The monoisotopic (exact) mass is 298 g/mol. The molecule has 0 amide bonds. The van der Waals surface area contributed by atoms with Gasteiger partial charge in [-0.2, -0.15) is 8.42 Å². The average Bonchev–Trinajstić information content (AvgIpc) is 2.39. The predicted octanol–water partition coefficient (Wildman–Crippen LogP) is 3.12. The molecule has 6 heteroatoms. The fourth-order valence-electron chi connectivity index (χ4n) is 1.45. The van der Waals surface area contributed by atoms with E-state index < -0.39 is 10.1 Å². The third-order valence-electron chi connectivity index (χ3n) is 2.37. The van der Waals surface area contributed by atoms with Gasteiger partial charge in [-0.1, -0.05) is 23.7 Å². The second kappa shape index (κ2) is 5.50. The molecule has 0 aromatic heterocycles. The summed E-state index contributed by atoms with van der Waals surface area (Å²) in [6.45, 7) is 0. The van der Waals surface area contributed by atoms with E-state index in [0.29, 0.717) is 5.75 Å². The zero-order chi connectivity index (χ0) is 13.9. The molecular weight excluding hydrogens is 288 g/mol. The minimum Gasteiger partial charge on any atom is -0.497 e. The van der Waals surface area contributed by atoms with Gasteiger partial charge < -0.3 is 8.92 Å². The molecule has 0 atom stereocenters. The minimum atomic E-state index is -3.94. The van der Waals surface area contributed by atoms with Crippen molar-refractivity contribution < 1.29 is 17.3 Å². The van der Waals surface area contributed by atoms with Gasteiger partial charge in [0.2, 0.25) is 0 Å². The molecule has 4 nitrogen and oxygen atoms in total. The molecule has 0 N–H and O–H groups in total. The summed E-state index contributed by atoms with van der Waals surface area (Å²) in [4.78, 5) is -0.0625. The van der Waals surface area contributed by atoms with Crippen LogP contribution in [0.4, 0.5) is 0 Å². The lowest BCUT2D eigenvalue weighted by atomic mass is 10.3. The molecule has 0 bridgehead atoms. The molecule has 0 aliphatic heterocycles. The van der Waals surface area contributed by atoms with Gasteiger partial charge in [0.15, 0.2) is 0 Å². The summed E-state index contributed by atoms with van der Waals surface area (Å²) >= 11 is 5.84. The molecule has 19 heavy (non-hydrogen) atoms. The Balaban J connectivity index is 2.28. The van der Waals surface area contributed by atoms with Crippen molar-refractivity contribution in [2.75, 3.05) is 7.11 Å². The van der Waals surface area contributed by atoms with Crippen molar-refractivity contribution in [2.24, 2.45) is 0 Å². The largest absolute Gasteiger partial charge is 0.497 e. The van der Waals surface area contributed by atoms with Gasteiger partial charge in [0.05, 0.1) is 12.1 Å². The molecule has 0 saturated carbocycles. The van der Waals surface area contributed by atoms with Crippen molar-refractivity contribution >= 4 is 21.7 Å². The summed E-state index contributed by atoms with van der Waals surface area (Å²) in [6.07, 6.45) is 0. The van der Waals surface area contributed by atoms with E-state index in [4.69, 9.17) is 20.5 Å². The van der Waals surface area contributed by atoms with Gasteiger partial charge in [-0.25, -0.2) is 0 Å². The van der Waals surface area contributed by atoms with Crippen LogP contribution in [-0.4, -0.2) is 15.5 Å². The van der Waals surface area contributed by atoms with Crippen LogP contribution in [0.15, 0.2) is 53.4 Å². The fourth-order valence-corrected chi connectivity index (χ4v) is 2.88. The normalized spacial score (nSPS) is 11.1. The van der Waals surface area contributed by atoms with E-state index in [-0.39, 0.29) is 15.7 Å². The van der Waals surface area contributed by atoms with Gasteiger partial charge in [-0.3, -0.25) is 0 Å². The summed E-state index contributed by atoms with van der Waals surface area (Å²) in [5, 5.41) is 0.121. The number of benzene rings is 2. The number of halogens is 1. The first-order valence-corrected chi connectivity index (χ1v) is 7.14. The molecule has 100 valence electrons. The minimum absolute atomic E-state index is 0.0625. The zero-order valence-electron chi connectivity index (χ0n) is 10.0. The molecule has 0 fully saturated rings. The highest BCUT2D eigenvalue weighted by Gasteiger charge is 2.19. The fraction of sp³-hybridized carbons (Fsp3) is 0.0769. The van der Waals surface area contributed by atoms with Crippen molar-refractivity contribution in [2.45, 2.75) is 4.90 Å². The highest BCUT2D eigenvalue weighted by molar-refractivity contribution is 7.87.